The maximum atomic E-state index is 11.6. The highest BCUT2D eigenvalue weighted by molar-refractivity contribution is 7.48. The van der Waals surface area contributed by atoms with Gasteiger partial charge in [-0.1, -0.05) is 16.2 Å². The molecule has 0 fully saturated rings. The Kier molecular flexibility index (Phi) is 6.46. The lowest BCUT2D eigenvalue weighted by Crippen LogP contribution is -2.28. The molecule has 0 bridgehead atoms. The fourth-order valence-corrected chi connectivity index (χ4v) is 1.83. The maximum absolute atomic E-state index is 11.6. The molecule has 0 aliphatic carbocycles. The smallest absolute Gasteiger partial charge is 0.398 e. The van der Waals surface area contributed by atoms with Crippen molar-refractivity contribution in [1.29, 1.82) is 0 Å². The SMILES string of the molecule is CC(C)OC[P+](=O)C(Cl)C(=O)OC(C)(C)C. The third-order valence-electron chi connectivity index (χ3n) is 1.39. The Balaban J connectivity index is 4.17. The lowest BCUT2D eigenvalue weighted by atomic mass is 10.2. The van der Waals surface area contributed by atoms with Gasteiger partial charge in [-0.2, -0.15) is 0 Å². The third kappa shape index (κ3) is 7.15. The highest BCUT2D eigenvalue weighted by Crippen LogP contribution is 2.33. The molecule has 0 aliphatic heterocycles. The van der Waals surface area contributed by atoms with Crippen molar-refractivity contribution in [3.05, 3.63) is 0 Å². The number of halogens is 1. The van der Waals surface area contributed by atoms with E-state index in [9.17, 15) is 9.36 Å². The van der Waals surface area contributed by atoms with Crippen molar-refractivity contribution in [2.45, 2.75) is 51.4 Å². The zero-order valence-corrected chi connectivity index (χ0v) is 12.0. The Morgan fingerprint density at radius 1 is 1.38 bits per heavy atom. The molecule has 6 heteroatoms. The average Bonchev–Trinajstić information content (AvgIpc) is 2.10. The third-order valence-corrected chi connectivity index (χ3v) is 3.34. The Morgan fingerprint density at radius 2 is 1.88 bits per heavy atom. The Labute approximate surface area is 102 Å². The molecule has 0 spiro atoms. The van der Waals surface area contributed by atoms with Crippen LogP contribution in [0.15, 0.2) is 0 Å². The van der Waals surface area contributed by atoms with Crippen LogP contribution in [-0.2, 0) is 18.8 Å². The number of alkyl halides is 1. The van der Waals surface area contributed by atoms with E-state index >= 15 is 0 Å². The summed E-state index contributed by atoms with van der Waals surface area (Å²) in [6.07, 6.45) is -0.0677. The van der Waals surface area contributed by atoms with Gasteiger partial charge in [0.1, 0.15) is 5.60 Å². The topological polar surface area (TPSA) is 52.6 Å². The van der Waals surface area contributed by atoms with Crippen molar-refractivity contribution >= 4 is 25.4 Å². The van der Waals surface area contributed by atoms with Crippen molar-refractivity contribution in [3.63, 3.8) is 0 Å². The molecule has 0 saturated heterocycles. The molecule has 0 aromatic heterocycles. The number of rotatable bonds is 5. The largest absolute Gasteiger partial charge is 0.456 e. The summed E-state index contributed by atoms with van der Waals surface area (Å²) in [6, 6.07) is 0. The molecule has 0 rings (SSSR count). The second-order valence-corrected chi connectivity index (χ2v) is 6.98. The predicted octanol–water partition coefficient (Wildman–Crippen LogP) is 3.10. The molecule has 2 atom stereocenters. The van der Waals surface area contributed by atoms with Gasteiger partial charge in [0.2, 0.25) is 6.35 Å². The highest BCUT2D eigenvalue weighted by atomic mass is 35.5. The second kappa shape index (κ2) is 6.53. The van der Waals surface area contributed by atoms with E-state index in [4.69, 9.17) is 21.1 Å². The predicted molar refractivity (Wildman–Crippen MR) is 64.2 cm³/mol. The number of hydrogen-bond donors (Lipinski definition) is 0. The van der Waals surface area contributed by atoms with Gasteiger partial charge in [-0.3, -0.25) is 0 Å². The van der Waals surface area contributed by atoms with E-state index in [0.29, 0.717) is 0 Å². The van der Waals surface area contributed by atoms with Gasteiger partial charge >= 0.3 is 18.9 Å². The summed E-state index contributed by atoms with van der Waals surface area (Å²) in [4.78, 5) is 11.5. The summed E-state index contributed by atoms with van der Waals surface area (Å²) in [5.41, 5.74) is -0.626. The minimum absolute atomic E-state index is 0.0274. The fourth-order valence-electron chi connectivity index (χ4n) is 0.756. The molecule has 2 unspecified atom stereocenters. The zero-order valence-electron chi connectivity index (χ0n) is 10.3. The Hall–Kier alpha value is -0.180. The van der Waals surface area contributed by atoms with Crippen LogP contribution in [0.3, 0.4) is 0 Å². The molecule has 0 aliphatic rings. The van der Waals surface area contributed by atoms with Gasteiger partial charge in [0.25, 0.3) is 0 Å². The van der Waals surface area contributed by atoms with Crippen LogP contribution in [0.5, 0.6) is 0 Å². The van der Waals surface area contributed by atoms with Gasteiger partial charge in [0, 0.05) is 0 Å². The van der Waals surface area contributed by atoms with Crippen LogP contribution in [0.25, 0.3) is 0 Å². The van der Waals surface area contributed by atoms with Crippen LogP contribution < -0.4 is 0 Å². The number of ether oxygens (including phenoxy) is 2. The minimum atomic E-state index is -1.95. The molecule has 0 radical (unpaired) electrons. The first kappa shape index (κ1) is 15.8. The fraction of sp³-hybridized carbons (Fsp3) is 0.900. The molecule has 0 saturated carbocycles. The summed E-state index contributed by atoms with van der Waals surface area (Å²) < 4.78 is 21.7. The van der Waals surface area contributed by atoms with Gasteiger partial charge in [-0.05, 0) is 34.6 Å². The van der Waals surface area contributed by atoms with Crippen LogP contribution >= 0.6 is 19.4 Å². The van der Waals surface area contributed by atoms with Gasteiger partial charge in [0.15, 0.2) is 0 Å². The lowest BCUT2D eigenvalue weighted by Gasteiger charge is -2.18. The molecule has 0 N–H and O–H groups in total. The maximum Gasteiger partial charge on any atom is 0.398 e. The first-order chi connectivity index (χ1) is 7.13. The molecular formula is C10H19ClO4P+. The van der Waals surface area contributed by atoms with Gasteiger partial charge < -0.3 is 9.47 Å². The van der Waals surface area contributed by atoms with E-state index in [0.717, 1.165) is 0 Å². The average molecular weight is 270 g/mol. The molecule has 0 aromatic rings. The normalized spacial score (nSPS) is 14.8. The van der Waals surface area contributed by atoms with Crippen molar-refractivity contribution < 1.29 is 18.8 Å². The summed E-state index contributed by atoms with van der Waals surface area (Å²) in [7, 11) is -1.95. The zero-order chi connectivity index (χ0) is 12.9. The highest BCUT2D eigenvalue weighted by Gasteiger charge is 2.39. The van der Waals surface area contributed by atoms with Crippen LogP contribution in [0.1, 0.15) is 34.6 Å². The molecule has 16 heavy (non-hydrogen) atoms. The minimum Gasteiger partial charge on any atom is -0.456 e. The number of carbonyl (C=O) groups is 1. The second-order valence-electron chi connectivity index (χ2n) is 4.63. The monoisotopic (exact) mass is 269 g/mol. The molecule has 4 nitrogen and oxygen atoms in total. The van der Waals surface area contributed by atoms with E-state index in [1.165, 1.54) is 0 Å². The quantitative estimate of drug-likeness (QED) is 0.437. The van der Waals surface area contributed by atoms with E-state index in [1.807, 2.05) is 13.8 Å². The molecule has 0 aromatic carbocycles. The van der Waals surface area contributed by atoms with E-state index in [-0.39, 0.29) is 12.5 Å². The molecule has 0 heterocycles. The number of hydrogen-bond acceptors (Lipinski definition) is 4. The first-order valence-corrected chi connectivity index (χ1v) is 7.01. The van der Waals surface area contributed by atoms with Gasteiger partial charge in [-0.25, -0.2) is 4.79 Å². The van der Waals surface area contributed by atoms with Gasteiger partial charge in [-0.15, -0.1) is 0 Å². The van der Waals surface area contributed by atoms with Crippen LogP contribution in [0.4, 0.5) is 0 Å². The van der Waals surface area contributed by atoms with Crippen molar-refractivity contribution in [2.75, 3.05) is 6.35 Å². The lowest BCUT2D eigenvalue weighted by molar-refractivity contribution is -0.152. The van der Waals surface area contributed by atoms with E-state index < -0.39 is 24.5 Å². The van der Waals surface area contributed by atoms with E-state index in [1.54, 1.807) is 20.8 Å². The molecular weight excluding hydrogens is 251 g/mol. The van der Waals surface area contributed by atoms with Crippen LogP contribution in [0, 0.1) is 0 Å². The van der Waals surface area contributed by atoms with E-state index in [2.05, 4.69) is 0 Å². The van der Waals surface area contributed by atoms with Gasteiger partial charge in [0.05, 0.1) is 6.10 Å². The summed E-state index contributed by atoms with van der Waals surface area (Å²) in [5.74, 6) is -0.664. The van der Waals surface area contributed by atoms with Crippen molar-refractivity contribution in [1.82, 2.24) is 0 Å². The first-order valence-electron chi connectivity index (χ1n) is 5.06. The standard InChI is InChI=1S/C10H19ClO4P/c1-7(2)14-6-16(13)8(11)9(12)15-10(3,4)5/h7-8H,6H2,1-5H3/q+1. The summed E-state index contributed by atoms with van der Waals surface area (Å²) >= 11 is 5.73. The Bertz CT molecular complexity index is 260. The summed E-state index contributed by atoms with van der Waals surface area (Å²) in [5, 5.41) is -1.15. The molecule has 0 amide bonds. The number of esters is 1. The Morgan fingerprint density at radius 3 is 2.25 bits per heavy atom. The van der Waals surface area contributed by atoms with Crippen molar-refractivity contribution in [3.8, 4) is 0 Å². The number of carbonyl (C=O) groups excluding carboxylic acids is 1. The van der Waals surface area contributed by atoms with Crippen molar-refractivity contribution in [2.24, 2.45) is 0 Å². The molecule has 94 valence electrons. The van der Waals surface area contributed by atoms with Crippen LogP contribution in [-0.4, -0.2) is 29.1 Å². The summed E-state index contributed by atoms with van der Waals surface area (Å²) in [6.45, 7) is 8.82. The van der Waals surface area contributed by atoms with Crippen LogP contribution in [0.2, 0.25) is 0 Å².